The van der Waals surface area contributed by atoms with Gasteiger partial charge in [-0.15, -0.1) is 0 Å². The molecule has 1 aliphatic heterocycles. The molecule has 0 spiro atoms. The van der Waals surface area contributed by atoms with Crippen molar-refractivity contribution in [1.29, 1.82) is 0 Å². The second-order valence-electron chi connectivity index (χ2n) is 5.05. The topological polar surface area (TPSA) is 28.2 Å². The van der Waals surface area contributed by atoms with Crippen LogP contribution in [0.4, 0.5) is 5.82 Å². The summed E-state index contributed by atoms with van der Waals surface area (Å²) < 4.78 is 0. The molecule has 1 saturated heterocycles. The van der Waals surface area contributed by atoms with Crippen LogP contribution in [-0.2, 0) is 0 Å². The number of pyridine rings is 1. The van der Waals surface area contributed by atoms with Crippen LogP contribution in [0.25, 0.3) is 0 Å². The monoisotopic (exact) mass is 301 g/mol. The van der Waals surface area contributed by atoms with Crippen molar-refractivity contribution >= 4 is 29.0 Å². The maximum absolute atomic E-state index is 6.28. The molecule has 5 heteroatoms. The number of rotatable bonds is 6. The molecule has 0 aliphatic carbocycles. The van der Waals surface area contributed by atoms with Gasteiger partial charge in [-0.3, -0.25) is 0 Å². The first kappa shape index (κ1) is 14.9. The van der Waals surface area contributed by atoms with E-state index in [-0.39, 0.29) is 0 Å². The maximum atomic E-state index is 6.28. The molecule has 1 unspecified atom stereocenters. The van der Waals surface area contributed by atoms with Gasteiger partial charge in [-0.25, -0.2) is 4.98 Å². The van der Waals surface area contributed by atoms with Gasteiger partial charge in [0.1, 0.15) is 5.82 Å². The molecule has 19 heavy (non-hydrogen) atoms. The fourth-order valence-corrected chi connectivity index (χ4v) is 2.95. The predicted molar refractivity (Wildman–Crippen MR) is 82.4 cm³/mol. The first-order valence-corrected chi connectivity index (χ1v) is 7.75. The zero-order valence-electron chi connectivity index (χ0n) is 11.3. The van der Waals surface area contributed by atoms with Gasteiger partial charge in [0.25, 0.3) is 0 Å². The van der Waals surface area contributed by atoms with Gasteiger partial charge < -0.3 is 10.2 Å². The van der Waals surface area contributed by atoms with Crippen LogP contribution in [0.3, 0.4) is 0 Å². The summed E-state index contributed by atoms with van der Waals surface area (Å²) in [7, 11) is 0. The molecule has 0 aromatic carbocycles. The fraction of sp³-hybridized carbons (Fsp3) is 0.643. The Morgan fingerprint density at radius 1 is 1.47 bits per heavy atom. The van der Waals surface area contributed by atoms with Gasteiger partial charge in [-0.1, -0.05) is 36.5 Å². The second-order valence-corrected chi connectivity index (χ2v) is 5.90. The molecule has 0 radical (unpaired) electrons. The van der Waals surface area contributed by atoms with Crippen LogP contribution in [-0.4, -0.2) is 30.7 Å². The number of halogens is 2. The Hall–Kier alpha value is -0.510. The van der Waals surface area contributed by atoms with E-state index in [1.807, 2.05) is 0 Å². The van der Waals surface area contributed by atoms with E-state index in [0.717, 1.165) is 31.9 Å². The van der Waals surface area contributed by atoms with Gasteiger partial charge in [-0.2, -0.15) is 0 Å². The van der Waals surface area contributed by atoms with E-state index < -0.39 is 0 Å². The summed E-state index contributed by atoms with van der Waals surface area (Å²) in [5.41, 5.74) is 0. The zero-order valence-corrected chi connectivity index (χ0v) is 12.8. The first-order chi connectivity index (χ1) is 9.20. The Morgan fingerprint density at radius 2 is 2.32 bits per heavy atom. The summed E-state index contributed by atoms with van der Waals surface area (Å²) in [4.78, 5) is 6.69. The SMILES string of the molecule is CCCCN(CC1CCCN1)c1ncc(Cl)cc1Cl. The largest absolute Gasteiger partial charge is 0.354 e. The molecule has 1 fully saturated rings. The van der Waals surface area contributed by atoms with Crippen LogP contribution in [0.5, 0.6) is 0 Å². The van der Waals surface area contributed by atoms with Crippen molar-refractivity contribution < 1.29 is 0 Å². The molecule has 2 rings (SSSR count). The highest BCUT2D eigenvalue weighted by Crippen LogP contribution is 2.27. The standard InChI is InChI=1S/C14H21Cl2N3/c1-2-3-7-19(10-12-5-4-6-17-12)14-13(16)8-11(15)9-18-14/h8-9,12,17H,2-7,10H2,1H3. The van der Waals surface area contributed by atoms with Gasteiger partial charge in [0.05, 0.1) is 10.0 Å². The number of hydrogen-bond donors (Lipinski definition) is 1. The highest BCUT2D eigenvalue weighted by molar-refractivity contribution is 6.36. The molecule has 1 N–H and O–H groups in total. The van der Waals surface area contributed by atoms with E-state index in [0.29, 0.717) is 16.1 Å². The predicted octanol–water partition coefficient (Wildman–Crippen LogP) is 3.75. The average Bonchev–Trinajstić information content (AvgIpc) is 2.88. The third kappa shape index (κ3) is 4.23. The van der Waals surface area contributed by atoms with E-state index in [9.17, 15) is 0 Å². The number of nitrogens with zero attached hydrogens (tertiary/aromatic N) is 2. The Labute approximate surface area is 125 Å². The van der Waals surface area contributed by atoms with E-state index in [4.69, 9.17) is 23.2 Å². The van der Waals surface area contributed by atoms with Gasteiger partial charge in [0.2, 0.25) is 0 Å². The summed E-state index contributed by atoms with van der Waals surface area (Å²) in [5.74, 6) is 0.855. The molecule has 1 atom stereocenters. The molecule has 3 nitrogen and oxygen atoms in total. The van der Waals surface area contributed by atoms with Crippen LogP contribution in [0.15, 0.2) is 12.3 Å². The van der Waals surface area contributed by atoms with E-state index in [2.05, 4.69) is 22.1 Å². The molecular weight excluding hydrogens is 281 g/mol. The van der Waals surface area contributed by atoms with Gasteiger partial charge in [0, 0.05) is 25.3 Å². The minimum absolute atomic E-state index is 0.547. The summed E-state index contributed by atoms with van der Waals surface area (Å²) in [6.07, 6.45) is 6.47. The van der Waals surface area contributed by atoms with Crippen LogP contribution in [0.1, 0.15) is 32.6 Å². The summed E-state index contributed by atoms with van der Waals surface area (Å²) >= 11 is 12.2. The van der Waals surface area contributed by atoms with E-state index in [1.165, 1.54) is 19.3 Å². The lowest BCUT2D eigenvalue weighted by Crippen LogP contribution is -2.38. The molecular formula is C14H21Cl2N3. The minimum Gasteiger partial charge on any atom is -0.354 e. The highest BCUT2D eigenvalue weighted by atomic mass is 35.5. The Kier molecular flexibility index (Phi) is 5.74. The van der Waals surface area contributed by atoms with Crippen LogP contribution < -0.4 is 10.2 Å². The Morgan fingerprint density at radius 3 is 2.95 bits per heavy atom. The third-order valence-electron chi connectivity index (χ3n) is 3.47. The van der Waals surface area contributed by atoms with Gasteiger partial charge in [-0.05, 0) is 31.9 Å². The van der Waals surface area contributed by atoms with Gasteiger partial charge in [0.15, 0.2) is 0 Å². The first-order valence-electron chi connectivity index (χ1n) is 7.00. The number of anilines is 1. The number of aromatic nitrogens is 1. The van der Waals surface area contributed by atoms with Gasteiger partial charge >= 0.3 is 0 Å². The van der Waals surface area contributed by atoms with Crippen LogP contribution in [0, 0.1) is 0 Å². The summed E-state index contributed by atoms with van der Waals surface area (Å²) in [6.45, 7) is 5.27. The van der Waals surface area contributed by atoms with Crippen LogP contribution in [0.2, 0.25) is 10.0 Å². The molecule has 1 aromatic heterocycles. The maximum Gasteiger partial charge on any atom is 0.147 e. The van der Waals surface area contributed by atoms with Crippen molar-refractivity contribution in [1.82, 2.24) is 10.3 Å². The molecule has 1 aliphatic rings. The van der Waals surface area contributed by atoms with E-state index >= 15 is 0 Å². The van der Waals surface area contributed by atoms with Crippen molar-refractivity contribution in [2.45, 2.75) is 38.6 Å². The fourth-order valence-electron chi connectivity index (χ4n) is 2.45. The molecule has 0 saturated carbocycles. The normalized spacial score (nSPS) is 18.8. The van der Waals surface area contributed by atoms with Crippen molar-refractivity contribution in [3.63, 3.8) is 0 Å². The average molecular weight is 302 g/mol. The van der Waals surface area contributed by atoms with Crippen molar-refractivity contribution in [2.75, 3.05) is 24.5 Å². The molecule has 0 bridgehead atoms. The number of nitrogens with one attached hydrogen (secondary N) is 1. The zero-order chi connectivity index (χ0) is 13.7. The Balaban J connectivity index is 2.10. The lowest BCUT2D eigenvalue weighted by molar-refractivity contribution is 0.569. The second kappa shape index (κ2) is 7.32. The number of hydrogen-bond acceptors (Lipinski definition) is 3. The summed E-state index contributed by atoms with van der Waals surface area (Å²) in [6, 6.07) is 2.32. The molecule has 0 amide bonds. The van der Waals surface area contributed by atoms with E-state index in [1.54, 1.807) is 12.3 Å². The third-order valence-corrected chi connectivity index (χ3v) is 3.96. The van der Waals surface area contributed by atoms with Crippen molar-refractivity contribution in [3.8, 4) is 0 Å². The lowest BCUT2D eigenvalue weighted by Gasteiger charge is -2.27. The highest BCUT2D eigenvalue weighted by Gasteiger charge is 2.20. The Bertz CT molecular complexity index is 406. The molecule has 2 heterocycles. The quantitative estimate of drug-likeness (QED) is 0.867. The lowest BCUT2D eigenvalue weighted by atomic mass is 10.2. The molecule has 1 aromatic rings. The minimum atomic E-state index is 0.547. The smallest absolute Gasteiger partial charge is 0.147 e. The van der Waals surface area contributed by atoms with Crippen molar-refractivity contribution in [3.05, 3.63) is 22.3 Å². The van der Waals surface area contributed by atoms with Crippen LogP contribution >= 0.6 is 23.2 Å². The summed E-state index contributed by atoms with van der Waals surface area (Å²) in [5, 5.41) is 4.75. The molecule has 106 valence electrons. The van der Waals surface area contributed by atoms with Crippen molar-refractivity contribution in [2.24, 2.45) is 0 Å². The number of unbranched alkanes of at least 4 members (excludes halogenated alkanes) is 1.